The molecule has 2 atom stereocenters. The maximum absolute atomic E-state index is 9.28. The highest BCUT2D eigenvalue weighted by molar-refractivity contribution is 5.43. The fourth-order valence-corrected chi connectivity index (χ4v) is 3.02. The van der Waals surface area contributed by atoms with Gasteiger partial charge in [0.1, 0.15) is 0 Å². The number of rotatable bonds is 3. The van der Waals surface area contributed by atoms with Gasteiger partial charge >= 0.3 is 0 Å². The van der Waals surface area contributed by atoms with Crippen molar-refractivity contribution in [3.8, 4) is 0 Å². The molecule has 1 aliphatic carbocycles. The normalized spacial score (nSPS) is 25.5. The van der Waals surface area contributed by atoms with Gasteiger partial charge < -0.3 is 10.8 Å². The van der Waals surface area contributed by atoms with Gasteiger partial charge in [-0.3, -0.25) is 0 Å². The number of benzene rings is 1. The smallest absolute Gasteiger partial charge is 0.0440 e. The zero-order chi connectivity index (χ0) is 11.8. The lowest BCUT2D eigenvalue weighted by atomic mass is 9.73. The van der Waals surface area contributed by atoms with Crippen LogP contribution in [-0.2, 0) is 11.8 Å². The predicted molar refractivity (Wildman–Crippen MR) is 66.5 cm³/mol. The molecule has 2 unspecified atom stereocenters. The lowest BCUT2D eigenvalue weighted by Gasteiger charge is -2.34. The molecule has 2 heteroatoms. The molecule has 88 valence electrons. The molecule has 2 rings (SSSR count). The topological polar surface area (TPSA) is 46.2 Å². The summed E-state index contributed by atoms with van der Waals surface area (Å²) in [7, 11) is 0. The molecule has 1 aromatic rings. The summed E-state index contributed by atoms with van der Waals surface area (Å²) in [5, 5.41) is 9.28. The standard InChI is InChI=1S/C14H21NO/c1-10-3-4-12-5-6-14(7-8-16,11(2)15)13(12)9-10/h3-4,9,11,16H,5-8,15H2,1-2H3. The average molecular weight is 219 g/mol. The van der Waals surface area contributed by atoms with Crippen molar-refractivity contribution in [2.45, 2.75) is 44.6 Å². The lowest BCUT2D eigenvalue weighted by Crippen LogP contribution is -2.42. The first kappa shape index (κ1) is 11.6. The summed E-state index contributed by atoms with van der Waals surface area (Å²) in [6, 6.07) is 6.73. The van der Waals surface area contributed by atoms with Gasteiger partial charge in [-0.05, 0) is 44.2 Å². The van der Waals surface area contributed by atoms with Gasteiger partial charge in [0, 0.05) is 18.1 Å². The Kier molecular flexibility index (Phi) is 3.04. The highest BCUT2D eigenvalue weighted by Gasteiger charge is 2.41. The number of hydrogen-bond acceptors (Lipinski definition) is 2. The molecule has 0 saturated carbocycles. The fourth-order valence-electron chi connectivity index (χ4n) is 3.02. The van der Waals surface area contributed by atoms with Crippen LogP contribution in [0.3, 0.4) is 0 Å². The molecule has 0 aromatic heterocycles. The second-order valence-corrected chi connectivity index (χ2v) is 5.08. The lowest BCUT2D eigenvalue weighted by molar-refractivity contribution is 0.218. The third kappa shape index (κ3) is 1.66. The molecular formula is C14H21NO. The Labute approximate surface area is 97.5 Å². The van der Waals surface area contributed by atoms with Gasteiger partial charge in [0.15, 0.2) is 0 Å². The van der Waals surface area contributed by atoms with E-state index in [0.717, 1.165) is 19.3 Å². The largest absolute Gasteiger partial charge is 0.396 e. The number of aliphatic hydroxyl groups is 1. The van der Waals surface area contributed by atoms with Crippen molar-refractivity contribution in [1.82, 2.24) is 0 Å². The summed E-state index contributed by atoms with van der Waals surface area (Å²) in [6.45, 7) is 4.39. The molecule has 0 saturated heterocycles. The Hall–Kier alpha value is -0.860. The van der Waals surface area contributed by atoms with Crippen LogP contribution in [0.25, 0.3) is 0 Å². The van der Waals surface area contributed by atoms with Crippen molar-refractivity contribution in [2.75, 3.05) is 6.61 Å². The maximum atomic E-state index is 9.28. The van der Waals surface area contributed by atoms with Gasteiger partial charge in [-0.1, -0.05) is 23.8 Å². The van der Waals surface area contributed by atoms with Crippen LogP contribution in [0.1, 0.15) is 36.5 Å². The van der Waals surface area contributed by atoms with Crippen LogP contribution in [0.4, 0.5) is 0 Å². The van der Waals surface area contributed by atoms with Crippen molar-refractivity contribution in [1.29, 1.82) is 0 Å². The van der Waals surface area contributed by atoms with E-state index >= 15 is 0 Å². The van der Waals surface area contributed by atoms with E-state index < -0.39 is 0 Å². The third-order valence-corrected chi connectivity index (χ3v) is 4.07. The van der Waals surface area contributed by atoms with Gasteiger partial charge in [0.05, 0.1) is 0 Å². The summed E-state index contributed by atoms with van der Waals surface area (Å²) in [5.41, 5.74) is 10.2. The summed E-state index contributed by atoms with van der Waals surface area (Å²) >= 11 is 0. The quantitative estimate of drug-likeness (QED) is 0.815. The van der Waals surface area contributed by atoms with Gasteiger partial charge in [-0.15, -0.1) is 0 Å². The Morgan fingerprint density at radius 1 is 1.50 bits per heavy atom. The first-order valence-corrected chi connectivity index (χ1v) is 6.06. The molecule has 1 aromatic carbocycles. The Morgan fingerprint density at radius 2 is 2.25 bits per heavy atom. The van der Waals surface area contributed by atoms with Crippen LogP contribution in [0.15, 0.2) is 18.2 Å². The number of aliphatic hydroxyl groups excluding tert-OH is 1. The highest BCUT2D eigenvalue weighted by atomic mass is 16.3. The number of aryl methyl sites for hydroxylation is 2. The van der Waals surface area contributed by atoms with E-state index in [4.69, 9.17) is 5.73 Å². The van der Waals surface area contributed by atoms with E-state index in [2.05, 4.69) is 32.0 Å². The van der Waals surface area contributed by atoms with Crippen LogP contribution >= 0.6 is 0 Å². The molecule has 0 bridgehead atoms. The monoisotopic (exact) mass is 219 g/mol. The minimum absolute atomic E-state index is 0.00387. The third-order valence-electron chi connectivity index (χ3n) is 4.07. The minimum Gasteiger partial charge on any atom is -0.396 e. The average Bonchev–Trinajstić information content (AvgIpc) is 2.59. The number of nitrogens with two attached hydrogens (primary N) is 1. The summed E-state index contributed by atoms with van der Waals surface area (Å²) in [6.07, 6.45) is 2.95. The van der Waals surface area contributed by atoms with Gasteiger partial charge in [-0.25, -0.2) is 0 Å². The van der Waals surface area contributed by atoms with Crippen molar-refractivity contribution in [2.24, 2.45) is 5.73 Å². The van der Waals surface area contributed by atoms with E-state index in [1.54, 1.807) is 0 Å². The molecular weight excluding hydrogens is 198 g/mol. The van der Waals surface area contributed by atoms with E-state index in [-0.39, 0.29) is 18.1 Å². The minimum atomic E-state index is -0.00387. The molecule has 0 fully saturated rings. The molecule has 0 radical (unpaired) electrons. The molecule has 1 aliphatic rings. The first-order chi connectivity index (χ1) is 7.60. The second-order valence-electron chi connectivity index (χ2n) is 5.08. The van der Waals surface area contributed by atoms with Crippen molar-refractivity contribution in [3.63, 3.8) is 0 Å². The summed E-state index contributed by atoms with van der Waals surface area (Å²) < 4.78 is 0. The number of fused-ring (bicyclic) bond motifs is 1. The van der Waals surface area contributed by atoms with E-state index in [1.165, 1.54) is 16.7 Å². The van der Waals surface area contributed by atoms with E-state index in [1.807, 2.05) is 0 Å². The molecule has 0 amide bonds. The first-order valence-electron chi connectivity index (χ1n) is 6.06. The van der Waals surface area contributed by atoms with E-state index in [9.17, 15) is 5.11 Å². The highest BCUT2D eigenvalue weighted by Crippen LogP contribution is 2.43. The zero-order valence-corrected chi connectivity index (χ0v) is 10.2. The van der Waals surface area contributed by atoms with Crippen LogP contribution in [0.5, 0.6) is 0 Å². The van der Waals surface area contributed by atoms with Gasteiger partial charge in [0.2, 0.25) is 0 Å². The maximum Gasteiger partial charge on any atom is 0.0440 e. The SMILES string of the molecule is Cc1ccc2c(c1)C(CCO)(C(C)N)CC2. The van der Waals surface area contributed by atoms with Crippen LogP contribution in [-0.4, -0.2) is 17.8 Å². The van der Waals surface area contributed by atoms with Gasteiger partial charge in [0.25, 0.3) is 0 Å². The molecule has 3 N–H and O–H groups in total. The van der Waals surface area contributed by atoms with Crippen LogP contribution in [0, 0.1) is 6.92 Å². The van der Waals surface area contributed by atoms with E-state index in [0.29, 0.717) is 0 Å². The zero-order valence-electron chi connectivity index (χ0n) is 10.2. The van der Waals surface area contributed by atoms with Crippen LogP contribution < -0.4 is 5.73 Å². The summed E-state index contributed by atoms with van der Waals surface area (Å²) in [4.78, 5) is 0. The van der Waals surface area contributed by atoms with Crippen molar-refractivity contribution >= 4 is 0 Å². The number of hydrogen-bond donors (Lipinski definition) is 2. The molecule has 0 heterocycles. The second kappa shape index (κ2) is 4.19. The summed E-state index contributed by atoms with van der Waals surface area (Å²) in [5.74, 6) is 0. The van der Waals surface area contributed by atoms with Crippen LogP contribution in [0.2, 0.25) is 0 Å². The molecule has 0 spiro atoms. The predicted octanol–water partition coefficient (Wildman–Crippen LogP) is 1.91. The Balaban J connectivity index is 2.49. The van der Waals surface area contributed by atoms with Crippen molar-refractivity contribution in [3.05, 3.63) is 34.9 Å². The Bertz CT molecular complexity index is 382. The fraction of sp³-hybridized carbons (Fsp3) is 0.571. The molecule has 16 heavy (non-hydrogen) atoms. The Morgan fingerprint density at radius 3 is 2.88 bits per heavy atom. The molecule has 2 nitrogen and oxygen atoms in total. The molecule has 0 aliphatic heterocycles. The van der Waals surface area contributed by atoms with Gasteiger partial charge in [-0.2, -0.15) is 0 Å². The van der Waals surface area contributed by atoms with Crippen molar-refractivity contribution < 1.29 is 5.11 Å².